The Morgan fingerprint density at radius 2 is 1.88 bits per heavy atom. The van der Waals surface area contributed by atoms with Crippen LogP contribution in [-0.4, -0.2) is 73.7 Å². The minimum absolute atomic E-state index is 0.135. The van der Waals surface area contributed by atoms with E-state index in [4.69, 9.17) is 4.74 Å². The Bertz CT molecular complexity index is 1880. The molecule has 0 saturated carbocycles. The van der Waals surface area contributed by atoms with Gasteiger partial charge in [-0.2, -0.15) is 5.10 Å². The van der Waals surface area contributed by atoms with Crippen molar-refractivity contribution in [2.75, 3.05) is 33.1 Å². The van der Waals surface area contributed by atoms with Crippen LogP contribution in [0.4, 0.5) is 10.1 Å². The molecule has 0 aliphatic carbocycles. The standard InChI is InChI=1S/C28H24FN9O2/c1-38(2)14-23(39)33-19-7-16(11-30-13-19)17-9-22-25(36-37-26(22)32-12-17)28-34-24-21(4-5-31-27(24)35-28)15-6-18(29)10-20(8-15)40-3/h4-13H,14H2,1-3H3,(H,33,39)(H,31,34,35)(H,32,36,37). The number of aromatic amines is 2. The maximum atomic E-state index is 14.2. The first-order valence-corrected chi connectivity index (χ1v) is 12.3. The highest BCUT2D eigenvalue weighted by atomic mass is 19.1. The number of nitrogens with one attached hydrogen (secondary N) is 3. The predicted octanol–water partition coefficient (Wildman–Crippen LogP) is 4.27. The van der Waals surface area contributed by atoms with Crippen LogP contribution in [0.2, 0.25) is 0 Å². The number of carbonyl (C=O) groups is 1. The lowest BCUT2D eigenvalue weighted by Gasteiger charge is -2.10. The van der Waals surface area contributed by atoms with Crippen LogP contribution < -0.4 is 10.1 Å². The van der Waals surface area contributed by atoms with E-state index < -0.39 is 5.82 Å². The van der Waals surface area contributed by atoms with Gasteiger partial charge in [-0.1, -0.05) is 0 Å². The first kappa shape index (κ1) is 25.1. The molecule has 0 aliphatic heterocycles. The lowest BCUT2D eigenvalue weighted by Crippen LogP contribution is -2.27. The lowest BCUT2D eigenvalue weighted by atomic mass is 10.1. The number of benzene rings is 1. The zero-order valence-electron chi connectivity index (χ0n) is 21.9. The Morgan fingerprint density at radius 1 is 1.02 bits per heavy atom. The zero-order chi connectivity index (χ0) is 27.8. The molecule has 0 atom stereocenters. The summed E-state index contributed by atoms with van der Waals surface area (Å²) < 4.78 is 19.5. The number of fused-ring (bicyclic) bond motifs is 2. The van der Waals surface area contributed by atoms with E-state index in [1.807, 2.05) is 26.2 Å². The van der Waals surface area contributed by atoms with Crippen molar-refractivity contribution >= 4 is 33.8 Å². The van der Waals surface area contributed by atoms with Gasteiger partial charge in [-0.05, 0) is 50.0 Å². The molecule has 5 aromatic heterocycles. The minimum atomic E-state index is -0.409. The molecule has 0 bridgehead atoms. The third-order valence-electron chi connectivity index (χ3n) is 6.27. The summed E-state index contributed by atoms with van der Waals surface area (Å²) in [5.41, 5.74) is 5.73. The van der Waals surface area contributed by atoms with Gasteiger partial charge < -0.3 is 19.9 Å². The smallest absolute Gasteiger partial charge is 0.238 e. The number of imidazole rings is 1. The molecule has 0 spiro atoms. The number of amides is 1. The molecule has 0 unspecified atom stereocenters. The van der Waals surface area contributed by atoms with E-state index in [1.165, 1.54) is 19.2 Å². The fourth-order valence-electron chi connectivity index (χ4n) is 4.50. The van der Waals surface area contributed by atoms with Crippen LogP contribution in [-0.2, 0) is 4.79 Å². The molecule has 1 amide bonds. The number of ether oxygens (including phenoxy) is 1. The summed E-state index contributed by atoms with van der Waals surface area (Å²) in [6, 6.07) is 10.1. The molecule has 6 rings (SSSR count). The minimum Gasteiger partial charge on any atom is -0.497 e. The highest BCUT2D eigenvalue weighted by Gasteiger charge is 2.17. The number of hydrogen-bond acceptors (Lipinski definition) is 8. The van der Waals surface area contributed by atoms with E-state index in [0.717, 1.165) is 22.1 Å². The van der Waals surface area contributed by atoms with Crippen LogP contribution in [0.1, 0.15) is 0 Å². The van der Waals surface area contributed by atoms with Crippen molar-refractivity contribution in [3.05, 3.63) is 67.0 Å². The van der Waals surface area contributed by atoms with Crippen molar-refractivity contribution in [1.29, 1.82) is 0 Å². The molecule has 40 heavy (non-hydrogen) atoms. The molecule has 6 aromatic rings. The fraction of sp³-hybridized carbons (Fsp3) is 0.143. The molecule has 0 aliphatic rings. The Balaban J connectivity index is 1.38. The van der Waals surface area contributed by atoms with Crippen LogP contribution in [0.3, 0.4) is 0 Å². The number of rotatable bonds is 7. The van der Waals surface area contributed by atoms with Gasteiger partial charge in [-0.25, -0.2) is 19.3 Å². The van der Waals surface area contributed by atoms with Crippen molar-refractivity contribution in [3.8, 4) is 39.5 Å². The van der Waals surface area contributed by atoms with Crippen molar-refractivity contribution in [3.63, 3.8) is 0 Å². The summed E-state index contributed by atoms with van der Waals surface area (Å²) >= 11 is 0. The topological polar surface area (TPSA) is 138 Å². The monoisotopic (exact) mass is 537 g/mol. The van der Waals surface area contributed by atoms with Crippen molar-refractivity contribution in [2.45, 2.75) is 0 Å². The number of carbonyl (C=O) groups excluding carboxylic acids is 1. The second-order valence-electron chi connectivity index (χ2n) is 9.46. The number of anilines is 1. The van der Waals surface area contributed by atoms with E-state index in [9.17, 15) is 9.18 Å². The molecule has 5 heterocycles. The van der Waals surface area contributed by atoms with Gasteiger partial charge >= 0.3 is 0 Å². The highest BCUT2D eigenvalue weighted by molar-refractivity contribution is 5.96. The summed E-state index contributed by atoms with van der Waals surface area (Å²) in [5.74, 6) is 0.369. The first-order valence-electron chi connectivity index (χ1n) is 12.3. The Morgan fingerprint density at radius 3 is 2.70 bits per heavy atom. The van der Waals surface area contributed by atoms with E-state index in [-0.39, 0.29) is 12.5 Å². The van der Waals surface area contributed by atoms with Gasteiger partial charge in [-0.3, -0.25) is 14.9 Å². The highest BCUT2D eigenvalue weighted by Crippen LogP contribution is 2.33. The van der Waals surface area contributed by atoms with E-state index in [1.54, 1.807) is 41.8 Å². The normalized spacial score (nSPS) is 11.4. The molecule has 12 heteroatoms. The molecular formula is C28H24FN9O2. The van der Waals surface area contributed by atoms with Gasteiger partial charge in [0.15, 0.2) is 17.1 Å². The lowest BCUT2D eigenvalue weighted by molar-refractivity contribution is -0.116. The molecule has 0 saturated heterocycles. The zero-order valence-corrected chi connectivity index (χ0v) is 21.9. The number of H-pyrrole nitrogens is 2. The van der Waals surface area contributed by atoms with Gasteiger partial charge in [0.05, 0.1) is 36.4 Å². The average Bonchev–Trinajstić information content (AvgIpc) is 3.56. The van der Waals surface area contributed by atoms with Gasteiger partial charge in [0, 0.05) is 41.3 Å². The summed E-state index contributed by atoms with van der Waals surface area (Å²) in [4.78, 5) is 35.2. The van der Waals surface area contributed by atoms with E-state index >= 15 is 0 Å². The Kier molecular flexibility index (Phi) is 6.36. The number of nitrogens with zero attached hydrogens (tertiary/aromatic N) is 6. The van der Waals surface area contributed by atoms with Gasteiger partial charge in [0.2, 0.25) is 5.91 Å². The van der Waals surface area contributed by atoms with E-state index in [0.29, 0.717) is 45.3 Å². The second-order valence-corrected chi connectivity index (χ2v) is 9.46. The van der Waals surface area contributed by atoms with E-state index in [2.05, 4.69) is 40.4 Å². The van der Waals surface area contributed by atoms with Crippen LogP contribution in [0.25, 0.3) is 56.0 Å². The summed E-state index contributed by atoms with van der Waals surface area (Å²) in [6.45, 7) is 0.261. The van der Waals surface area contributed by atoms with Crippen LogP contribution in [0.15, 0.2) is 61.2 Å². The summed E-state index contributed by atoms with van der Waals surface area (Å²) in [6.07, 6.45) is 6.63. The van der Waals surface area contributed by atoms with Gasteiger partial charge in [-0.15, -0.1) is 0 Å². The molecular weight excluding hydrogens is 513 g/mol. The fourth-order valence-corrected chi connectivity index (χ4v) is 4.50. The average molecular weight is 538 g/mol. The molecule has 200 valence electrons. The number of pyridine rings is 3. The van der Waals surface area contributed by atoms with Crippen molar-refractivity contribution < 1.29 is 13.9 Å². The van der Waals surface area contributed by atoms with Gasteiger partial charge in [0.25, 0.3) is 0 Å². The summed E-state index contributed by atoms with van der Waals surface area (Å²) in [5, 5.41) is 11.0. The maximum Gasteiger partial charge on any atom is 0.238 e. The molecule has 1 aromatic carbocycles. The van der Waals surface area contributed by atoms with Crippen LogP contribution in [0.5, 0.6) is 5.75 Å². The second kappa shape index (κ2) is 10.2. The number of methoxy groups -OCH3 is 1. The van der Waals surface area contributed by atoms with Gasteiger partial charge in [0.1, 0.15) is 17.3 Å². The van der Waals surface area contributed by atoms with Crippen molar-refractivity contribution in [1.82, 2.24) is 40.0 Å². The molecule has 3 N–H and O–H groups in total. The van der Waals surface area contributed by atoms with Crippen molar-refractivity contribution in [2.24, 2.45) is 0 Å². The number of aromatic nitrogens is 7. The largest absolute Gasteiger partial charge is 0.497 e. The van der Waals surface area contributed by atoms with Crippen LogP contribution >= 0.6 is 0 Å². The molecule has 11 nitrogen and oxygen atoms in total. The SMILES string of the molecule is COc1cc(F)cc(-c2ccnc3nc(-c4[nH]nc5ncc(-c6cncc(NC(=O)CN(C)C)c6)cc45)[nH]c23)c1. The summed E-state index contributed by atoms with van der Waals surface area (Å²) in [7, 11) is 5.15. The van der Waals surface area contributed by atoms with Crippen LogP contribution in [0, 0.1) is 5.82 Å². The molecule has 0 fully saturated rings. The third kappa shape index (κ3) is 4.83. The number of likely N-dealkylation sites (N-methyl/N-ethyl adjacent to an activating group) is 1. The predicted molar refractivity (Wildman–Crippen MR) is 149 cm³/mol. The first-order chi connectivity index (χ1) is 19.4. The Labute approximate surface area is 227 Å². The maximum absolute atomic E-state index is 14.2. The number of halogens is 1. The third-order valence-corrected chi connectivity index (χ3v) is 6.27. The quantitative estimate of drug-likeness (QED) is 0.275. The number of hydrogen-bond donors (Lipinski definition) is 3. The molecule has 0 radical (unpaired) electrons. The Hall–Kier alpha value is -5.23.